The van der Waals surface area contributed by atoms with E-state index in [-0.39, 0.29) is 11.8 Å². The highest BCUT2D eigenvalue weighted by atomic mass is 35.5. The van der Waals surface area contributed by atoms with Crippen molar-refractivity contribution < 1.29 is 4.79 Å². The van der Waals surface area contributed by atoms with Gasteiger partial charge in [0.2, 0.25) is 5.91 Å². The van der Waals surface area contributed by atoms with E-state index >= 15 is 0 Å². The molecule has 1 aromatic rings. The maximum Gasteiger partial charge on any atom is 0.224 e. The average Bonchev–Trinajstić information content (AvgIpc) is 2.56. The SMILES string of the molecule is CNCC(C)C(=O)NCC1CCN(Cc2ccccc2Cl)CC1. The Kier molecular flexibility index (Phi) is 7.34. The third kappa shape index (κ3) is 5.79. The van der Waals surface area contributed by atoms with Crippen LogP contribution in [0.15, 0.2) is 24.3 Å². The summed E-state index contributed by atoms with van der Waals surface area (Å²) in [5.41, 5.74) is 1.20. The normalized spacial score (nSPS) is 17.9. The zero-order chi connectivity index (χ0) is 16.7. The number of nitrogens with zero attached hydrogens (tertiary/aromatic N) is 1. The molecule has 1 aliphatic rings. The van der Waals surface area contributed by atoms with Crippen molar-refractivity contribution in [3.63, 3.8) is 0 Å². The van der Waals surface area contributed by atoms with Crippen molar-refractivity contribution in [2.75, 3.05) is 33.2 Å². The van der Waals surface area contributed by atoms with Gasteiger partial charge in [-0.15, -0.1) is 0 Å². The number of carbonyl (C=O) groups is 1. The lowest BCUT2D eigenvalue weighted by molar-refractivity contribution is -0.124. The summed E-state index contributed by atoms with van der Waals surface area (Å²) in [5.74, 6) is 0.765. The molecule has 23 heavy (non-hydrogen) atoms. The first-order valence-electron chi connectivity index (χ1n) is 8.48. The zero-order valence-electron chi connectivity index (χ0n) is 14.1. The number of hydrogen-bond donors (Lipinski definition) is 2. The van der Waals surface area contributed by atoms with Crippen LogP contribution in [0.3, 0.4) is 0 Å². The Morgan fingerprint density at radius 1 is 1.35 bits per heavy atom. The van der Waals surface area contributed by atoms with Gasteiger partial charge in [-0.05, 0) is 50.5 Å². The summed E-state index contributed by atoms with van der Waals surface area (Å²) in [4.78, 5) is 14.4. The molecule has 1 aliphatic heterocycles. The van der Waals surface area contributed by atoms with Gasteiger partial charge in [0.1, 0.15) is 0 Å². The van der Waals surface area contributed by atoms with Crippen LogP contribution in [-0.4, -0.2) is 44.0 Å². The quantitative estimate of drug-likeness (QED) is 0.803. The summed E-state index contributed by atoms with van der Waals surface area (Å²) < 4.78 is 0. The van der Waals surface area contributed by atoms with Crippen molar-refractivity contribution in [2.24, 2.45) is 11.8 Å². The fraction of sp³-hybridized carbons (Fsp3) is 0.611. The smallest absolute Gasteiger partial charge is 0.224 e. The highest BCUT2D eigenvalue weighted by Gasteiger charge is 2.21. The van der Waals surface area contributed by atoms with Crippen molar-refractivity contribution in [3.05, 3.63) is 34.9 Å². The minimum absolute atomic E-state index is 0.0281. The molecule has 0 aromatic heterocycles. The predicted octanol–water partition coefficient (Wildman–Crippen LogP) is 2.52. The molecule has 1 fully saturated rings. The molecule has 1 unspecified atom stereocenters. The topological polar surface area (TPSA) is 44.4 Å². The molecule has 1 amide bonds. The summed E-state index contributed by atoms with van der Waals surface area (Å²) in [7, 11) is 1.87. The molecule has 5 heteroatoms. The van der Waals surface area contributed by atoms with Gasteiger partial charge in [0.05, 0.1) is 0 Å². The number of hydrogen-bond acceptors (Lipinski definition) is 3. The van der Waals surface area contributed by atoms with E-state index in [1.807, 2.05) is 32.2 Å². The molecule has 1 saturated heterocycles. The zero-order valence-corrected chi connectivity index (χ0v) is 14.9. The fourth-order valence-electron chi connectivity index (χ4n) is 3.03. The van der Waals surface area contributed by atoms with Gasteiger partial charge in [-0.3, -0.25) is 9.69 Å². The van der Waals surface area contributed by atoms with E-state index in [1.165, 1.54) is 5.56 Å². The average molecular weight is 338 g/mol. The van der Waals surface area contributed by atoms with Gasteiger partial charge in [-0.1, -0.05) is 36.7 Å². The number of piperidine rings is 1. The third-order valence-corrected chi connectivity index (χ3v) is 4.95. The predicted molar refractivity (Wildman–Crippen MR) is 95.6 cm³/mol. The van der Waals surface area contributed by atoms with Gasteiger partial charge in [-0.2, -0.15) is 0 Å². The first-order chi connectivity index (χ1) is 11.1. The monoisotopic (exact) mass is 337 g/mol. The first-order valence-corrected chi connectivity index (χ1v) is 8.86. The lowest BCUT2D eigenvalue weighted by Gasteiger charge is -2.32. The minimum atomic E-state index is 0.0281. The summed E-state index contributed by atoms with van der Waals surface area (Å²) in [5, 5.41) is 6.98. The van der Waals surface area contributed by atoms with Crippen LogP contribution in [0.1, 0.15) is 25.3 Å². The number of likely N-dealkylation sites (tertiary alicyclic amines) is 1. The Hall–Kier alpha value is -1.10. The van der Waals surface area contributed by atoms with Gasteiger partial charge in [0.25, 0.3) is 0 Å². The van der Waals surface area contributed by atoms with Crippen LogP contribution in [0.25, 0.3) is 0 Å². The van der Waals surface area contributed by atoms with Crippen LogP contribution in [0.5, 0.6) is 0 Å². The Balaban J connectivity index is 1.70. The number of halogens is 1. The molecule has 1 atom stereocenters. The van der Waals surface area contributed by atoms with E-state index in [0.29, 0.717) is 5.92 Å². The number of benzene rings is 1. The van der Waals surface area contributed by atoms with E-state index in [4.69, 9.17) is 11.6 Å². The molecule has 2 N–H and O–H groups in total. The van der Waals surface area contributed by atoms with E-state index < -0.39 is 0 Å². The maximum absolute atomic E-state index is 11.9. The largest absolute Gasteiger partial charge is 0.356 e. The van der Waals surface area contributed by atoms with Crippen LogP contribution < -0.4 is 10.6 Å². The second-order valence-electron chi connectivity index (χ2n) is 6.51. The molecule has 0 spiro atoms. The van der Waals surface area contributed by atoms with E-state index in [2.05, 4.69) is 21.6 Å². The molecule has 4 nitrogen and oxygen atoms in total. The summed E-state index contributed by atoms with van der Waals surface area (Å²) in [6.07, 6.45) is 2.26. The Morgan fingerprint density at radius 2 is 2.04 bits per heavy atom. The summed E-state index contributed by atoms with van der Waals surface area (Å²) in [6.45, 7) is 6.53. The number of carbonyl (C=O) groups excluding carboxylic acids is 1. The highest BCUT2D eigenvalue weighted by Crippen LogP contribution is 2.22. The molecule has 1 heterocycles. The minimum Gasteiger partial charge on any atom is -0.356 e. The molecular weight excluding hydrogens is 310 g/mol. The molecule has 0 radical (unpaired) electrons. The Bertz CT molecular complexity index is 501. The van der Waals surface area contributed by atoms with Crippen molar-refractivity contribution >= 4 is 17.5 Å². The molecule has 128 valence electrons. The van der Waals surface area contributed by atoms with Crippen molar-refractivity contribution in [1.29, 1.82) is 0 Å². The van der Waals surface area contributed by atoms with E-state index in [9.17, 15) is 4.79 Å². The van der Waals surface area contributed by atoms with Gasteiger partial charge >= 0.3 is 0 Å². The van der Waals surface area contributed by atoms with Crippen LogP contribution in [0, 0.1) is 11.8 Å². The first kappa shape index (κ1) is 18.2. The Labute approximate surface area is 144 Å². The third-order valence-electron chi connectivity index (χ3n) is 4.58. The van der Waals surface area contributed by atoms with E-state index in [0.717, 1.165) is 50.6 Å². The van der Waals surface area contributed by atoms with Crippen LogP contribution >= 0.6 is 11.6 Å². The lowest BCUT2D eigenvalue weighted by atomic mass is 9.96. The van der Waals surface area contributed by atoms with Crippen LogP contribution in [0.4, 0.5) is 0 Å². The second kappa shape index (κ2) is 9.26. The fourth-order valence-corrected chi connectivity index (χ4v) is 3.23. The van der Waals surface area contributed by atoms with E-state index in [1.54, 1.807) is 0 Å². The van der Waals surface area contributed by atoms with Gasteiger partial charge < -0.3 is 10.6 Å². The molecular formula is C18H28ClN3O. The number of nitrogens with one attached hydrogen (secondary N) is 2. The molecule has 0 aliphatic carbocycles. The van der Waals surface area contributed by atoms with Gasteiger partial charge in [-0.25, -0.2) is 0 Å². The molecule has 0 saturated carbocycles. The lowest BCUT2D eigenvalue weighted by Crippen LogP contribution is -2.41. The molecule has 0 bridgehead atoms. The standard InChI is InChI=1S/C18H28ClN3O/c1-14(11-20-2)18(23)21-12-15-7-9-22(10-8-15)13-16-5-3-4-6-17(16)19/h3-6,14-15,20H,7-13H2,1-2H3,(H,21,23). The highest BCUT2D eigenvalue weighted by molar-refractivity contribution is 6.31. The molecule has 2 rings (SSSR count). The summed E-state index contributed by atoms with van der Waals surface area (Å²) in [6, 6.07) is 8.05. The van der Waals surface area contributed by atoms with Crippen molar-refractivity contribution in [2.45, 2.75) is 26.3 Å². The number of amides is 1. The second-order valence-corrected chi connectivity index (χ2v) is 6.92. The maximum atomic E-state index is 11.9. The van der Waals surface area contributed by atoms with Gasteiger partial charge in [0, 0.05) is 30.6 Å². The van der Waals surface area contributed by atoms with Gasteiger partial charge in [0.15, 0.2) is 0 Å². The van der Waals surface area contributed by atoms with Crippen LogP contribution in [-0.2, 0) is 11.3 Å². The Morgan fingerprint density at radius 3 is 2.70 bits per heavy atom. The van der Waals surface area contributed by atoms with Crippen molar-refractivity contribution in [3.8, 4) is 0 Å². The summed E-state index contributed by atoms with van der Waals surface area (Å²) >= 11 is 6.23. The molecule has 1 aromatic carbocycles. The number of rotatable bonds is 7. The van der Waals surface area contributed by atoms with Crippen LogP contribution in [0.2, 0.25) is 5.02 Å². The van der Waals surface area contributed by atoms with Crippen molar-refractivity contribution in [1.82, 2.24) is 15.5 Å².